The van der Waals surface area contributed by atoms with Crippen molar-refractivity contribution in [3.8, 4) is 11.5 Å². The average molecular weight is 623 g/mol. The fourth-order valence-electron chi connectivity index (χ4n) is 6.11. The zero-order valence-electron chi connectivity index (χ0n) is 27.1. The molecule has 3 rings (SSSR count). The molecule has 2 aliphatic rings. The van der Waals surface area contributed by atoms with Gasteiger partial charge in [-0.1, -0.05) is 52.4 Å². The summed E-state index contributed by atoms with van der Waals surface area (Å²) in [5, 5.41) is 0. The van der Waals surface area contributed by atoms with Gasteiger partial charge in [0.05, 0.1) is 13.2 Å². The van der Waals surface area contributed by atoms with Gasteiger partial charge in [0, 0.05) is 0 Å². The van der Waals surface area contributed by atoms with Crippen LogP contribution in [0.4, 0.5) is 8.78 Å². The summed E-state index contributed by atoms with van der Waals surface area (Å²) in [6, 6.07) is 7.65. The van der Waals surface area contributed by atoms with Crippen molar-refractivity contribution in [2.24, 2.45) is 11.8 Å². The smallest absolute Gasteiger partial charge is 0.340 e. The molecule has 0 unspecified atom stereocenters. The Morgan fingerprint density at radius 1 is 0.614 bits per heavy atom. The number of esters is 2. The van der Waals surface area contributed by atoms with E-state index in [0.29, 0.717) is 25.0 Å². The monoisotopic (exact) mass is 622 g/mol. The maximum atomic E-state index is 14.1. The summed E-state index contributed by atoms with van der Waals surface area (Å²) in [5.41, 5.74) is 0. The molecule has 8 heteroatoms. The molecular weight excluding hydrogens is 566 g/mol. The van der Waals surface area contributed by atoms with Gasteiger partial charge in [-0.3, -0.25) is 0 Å². The lowest BCUT2D eigenvalue weighted by molar-refractivity contribution is -0.158. The van der Waals surface area contributed by atoms with Gasteiger partial charge in [0.25, 0.3) is 0 Å². The van der Waals surface area contributed by atoms with Crippen molar-refractivity contribution >= 4 is 11.9 Å². The quantitative estimate of drug-likeness (QED) is 0.107. The molecule has 2 atom stereocenters. The van der Waals surface area contributed by atoms with Crippen LogP contribution >= 0.6 is 0 Å². The molecule has 44 heavy (non-hydrogen) atoms. The summed E-state index contributed by atoms with van der Waals surface area (Å²) >= 11 is 0. The van der Waals surface area contributed by atoms with E-state index in [0.717, 1.165) is 114 Å². The molecule has 6 nitrogen and oxygen atoms in total. The molecule has 0 radical (unpaired) electrons. The van der Waals surface area contributed by atoms with E-state index >= 15 is 0 Å². The van der Waals surface area contributed by atoms with Gasteiger partial charge in [-0.2, -0.15) is 0 Å². The van der Waals surface area contributed by atoms with E-state index in [1.54, 1.807) is 0 Å². The highest BCUT2D eigenvalue weighted by Gasteiger charge is 2.29. The van der Waals surface area contributed by atoms with Crippen molar-refractivity contribution in [2.75, 3.05) is 13.2 Å². The van der Waals surface area contributed by atoms with Gasteiger partial charge in [0.15, 0.2) is 12.3 Å². The third-order valence-corrected chi connectivity index (χ3v) is 9.08. The summed E-state index contributed by atoms with van der Waals surface area (Å²) in [5.74, 6) is 0.939. The minimum absolute atomic E-state index is 0.193. The molecule has 2 saturated carbocycles. The van der Waals surface area contributed by atoms with Crippen molar-refractivity contribution in [3.05, 3.63) is 24.3 Å². The summed E-state index contributed by atoms with van der Waals surface area (Å²) < 4.78 is 51.2. The third kappa shape index (κ3) is 13.7. The zero-order valence-corrected chi connectivity index (χ0v) is 27.1. The molecule has 2 aliphatic carbocycles. The van der Waals surface area contributed by atoms with Crippen LogP contribution in [0.15, 0.2) is 24.3 Å². The van der Waals surface area contributed by atoms with Gasteiger partial charge in [-0.05, 0) is 113 Å². The van der Waals surface area contributed by atoms with Crippen LogP contribution in [0.5, 0.6) is 11.5 Å². The Morgan fingerprint density at radius 3 is 1.32 bits per heavy atom. The Labute approximate surface area is 263 Å². The van der Waals surface area contributed by atoms with E-state index in [9.17, 15) is 18.4 Å². The normalized spacial score (nSPS) is 23.4. The van der Waals surface area contributed by atoms with Gasteiger partial charge in [0.2, 0.25) is 0 Å². The van der Waals surface area contributed by atoms with Gasteiger partial charge >= 0.3 is 11.9 Å². The molecule has 1 aromatic carbocycles. The van der Waals surface area contributed by atoms with Crippen LogP contribution in [-0.2, 0) is 19.1 Å². The fraction of sp³-hybridized carbons (Fsp3) is 0.778. The van der Waals surface area contributed by atoms with Gasteiger partial charge in [-0.15, -0.1) is 0 Å². The zero-order chi connectivity index (χ0) is 31.6. The molecular formula is C36H56F2O6. The third-order valence-electron chi connectivity index (χ3n) is 9.08. The second-order valence-corrected chi connectivity index (χ2v) is 12.9. The molecule has 1 aromatic rings. The first-order valence-corrected chi connectivity index (χ1v) is 17.4. The van der Waals surface area contributed by atoms with Crippen molar-refractivity contribution in [2.45, 2.75) is 154 Å². The number of unbranched alkanes of at least 4 members (excludes halogenated alkanes) is 6. The minimum atomic E-state index is -1.51. The largest absolute Gasteiger partial charge is 0.493 e. The van der Waals surface area contributed by atoms with Gasteiger partial charge in [-0.25, -0.2) is 18.4 Å². The number of carbonyl (C=O) groups excluding carboxylic acids is 2. The molecule has 0 heterocycles. The lowest BCUT2D eigenvalue weighted by Crippen LogP contribution is -2.30. The Hall–Kier alpha value is -2.38. The second kappa shape index (κ2) is 20.6. The second-order valence-electron chi connectivity index (χ2n) is 12.9. The minimum Gasteiger partial charge on any atom is -0.493 e. The van der Waals surface area contributed by atoms with Crippen LogP contribution in [0.25, 0.3) is 0 Å². The van der Waals surface area contributed by atoms with Gasteiger partial charge < -0.3 is 18.9 Å². The van der Waals surface area contributed by atoms with Crippen molar-refractivity contribution in [3.63, 3.8) is 0 Å². The highest BCUT2D eigenvalue weighted by molar-refractivity contribution is 5.75. The number of halogens is 2. The first-order chi connectivity index (χ1) is 21.4. The lowest BCUT2D eigenvalue weighted by atomic mass is 9.88. The van der Waals surface area contributed by atoms with E-state index in [1.165, 1.54) is 0 Å². The fourth-order valence-corrected chi connectivity index (χ4v) is 6.11. The molecule has 0 spiro atoms. The SMILES string of the molecule is CCCCCC[C@@H](F)C(=O)OC1CCC(COc2ccc(OCC3CCC(OC(=O)[C@H](F)CCCCCC)CC3)cc2)CC1. The first kappa shape index (κ1) is 36.1. The summed E-state index contributed by atoms with van der Waals surface area (Å²) in [6.45, 7) is 5.41. The number of carbonyl (C=O) groups is 2. The highest BCUT2D eigenvalue weighted by Crippen LogP contribution is 2.30. The van der Waals surface area contributed by atoms with Crippen LogP contribution in [0.2, 0.25) is 0 Å². The van der Waals surface area contributed by atoms with Crippen LogP contribution in [0.1, 0.15) is 129 Å². The number of hydrogen-bond acceptors (Lipinski definition) is 6. The standard InChI is InChI=1S/C36H56F2O6/c1-3-5-7-9-11-33(37)35(39)43-31-17-13-27(14-18-31)25-41-29-21-23-30(24-22-29)42-26-28-15-19-32(20-16-28)44-36(40)34(38)12-10-8-6-4-2/h21-24,27-28,31-34H,3-20,25-26H2,1-2H3/t27?,28?,31?,32?,33-,34-/m1/s1. The predicted octanol–water partition coefficient (Wildman–Crippen LogP) is 9.27. The topological polar surface area (TPSA) is 71.1 Å². The molecule has 0 N–H and O–H groups in total. The molecule has 0 amide bonds. The Balaban J connectivity index is 1.24. The number of hydrogen-bond donors (Lipinski definition) is 0. The summed E-state index contributed by atoms with van der Waals surface area (Å²) in [7, 11) is 0. The van der Waals surface area contributed by atoms with E-state index in [2.05, 4.69) is 13.8 Å². The molecule has 2 fully saturated rings. The Morgan fingerprint density at radius 2 is 0.977 bits per heavy atom. The number of benzene rings is 1. The number of alkyl halides is 2. The maximum Gasteiger partial charge on any atom is 0.340 e. The van der Waals surface area contributed by atoms with E-state index < -0.39 is 24.3 Å². The summed E-state index contributed by atoms with van der Waals surface area (Å²) in [6.07, 6.45) is 11.3. The van der Waals surface area contributed by atoms with E-state index in [4.69, 9.17) is 18.9 Å². The van der Waals surface area contributed by atoms with Crippen LogP contribution < -0.4 is 9.47 Å². The molecule has 0 aromatic heterocycles. The molecule has 0 aliphatic heterocycles. The van der Waals surface area contributed by atoms with Crippen molar-refractivity contribution < 1.29 is 37.3 Å². The number of rotatable bonds is 20. The summed E-state index contributed by atoms with van der Waals surface area (Å²) in [4.78, 5) is 24.2. The first-order valence-electron chi connectivity index (χ1n) is 17.4. The van der Waals surface area contributed by atoms with Gasteiger partial charge in [0.1, 0.15) is 23.7 Å². The lowest BCUT2D eigenvalue weighted by Gasteiger charge is -2.29. The van der Waals surface area contributed by atoms with Crippen molar-refractivity contribution in [1.82, 2.24) is 0 Å². The van der Waals surface area contributed by atoms with E-state index in [1.807, 2.05) is 24.3 Å². The van der Waals surface area contributed by atoms with E-state index in [-0.39, 0.29) is 25.0 Å². The van der Waals surface area contributed by atoms with Crippen LogP contribution in [0, 0.1) is 11.8 Å². The Bertz CT molecular complexity index is 850. The number of ether oxygens (including phenoxy) is 4. The predicted molar refractivity (Wildman–Crippen MR) is 168 cm³/mol. The maximum absolute atomic E-state index is 14.1. The molecule has 0 saturated heterocycles. The van der Waals surface area contributed by atoms with Crippen molar-refractivity contribution in [1.29, 1.82) is 0 Å². The molecule has 250 valence electrons. The Kier molecular flexibility index (Phi) is 16.9. The van der Waals surface area contributed by atoms with Crippen LogP contribution in [0.3, 0.4) is 0 Å². The average Bonchev–Trinajstić information content (AvgIpc) is 3.04. The molecule has 0 bridgehead atoms. The highest BCUT2D eigenvalue weighted by atomic mass is 19.1. The van der Waals surface area contributed by atoms with Crippen LogP contribution in [-0.4, -0.2) is 49.7 Å².